The van der Waals surface area contributed by atoms with Gasteiger partial charge in [-0.2, -0.15) is 0 Å². The smallest absolute Gasteiger partial charge is 0.262 e. The third kappa shape index (κ3) is 4.18. The number of carbonyl (C=O) groups is 1. The summed E-state index contributed by atoms with van der Waals surface area (Å²) in [5.74, 6) is 0.0984. The topological polar surface area (TPSA) is 51.2 Å². The Hall–Kier alpha value is -2.30. The number of pyridine rings is 1. The summed E-state index contributed by atoms with van der Waals surface area (Å²) in [5, 5.41) is 4.48. The summed E-state index contributed by atoms with van der Waals surface area (Å²) in [6.07, 6.45) is 0.828. The van der Waals surface area contributed by atoms with E-state index in [-0.39, 0.29) is 12.5 Å². The molecule has 0 radical (unpaired) electrons. The largest absolute Gasteiger partial charge is 0.480 e. The van der Waals surface area contributed by atoms with Crippen LogP contribution < -0.4 is 10.1 Å². The van der Waals surface area contributed by atoms with Crippen molar-refractivity contribution in [2.45, 2.75) is 27.2 Å². The quantitative estimate of drug-likeness (QED) is 0.591. The number of hydrogen-bond donors (Lipinski definition) is 1. The van der Waals surface area contributed by atoms with Crippen molar-refractivity contribution in [3.05, 3.63) is 63.3 Å². The van der Waals surface area contributed by atoms with Crippen LogP contribution in [-0.4, -0.2) is 17.5 Å². The number of fused-ring (bicyclic) bond motifs is 1. The molecule has 0 unspecified atom stereocenters. The molecule has 0 saturated carbocycles. The molecular weight excluding hydrogens is 383 g/mol. The monoisotopic (exact) mass is 402 g/mol. The first-order chi connectivity index (χ1) is 12.9. The van der Waals surface area contributed by atoms with E-state index in [1.807, 2.05) is 44.2 Å². The van der Waals surface area contributed by atoms with Crippen LogP contribution in [0.25, 0.3) is 10.9 Å². The molecule has 140 valence electrons. The minimum absolute atomic E-state index is 0.177. The van der Waals surface area contributed by atoms with Gasteiger partial charge in [-0.25, -0.2) is 4.98 Å². The Morgan fingerprint density at radius 1 is 1.15 bits per heavy atom. The molecule has 0 aliphatic heterocycles. The number of anilines is 1. The van der Waals surface area contributed by atoms with E-state index in [9.17, 15) is 4.79 Å². The van der Waals surface area contributed by atoms with Gasteiger partial charge in [0.2, 0.25) is 0 Å². The number of halogens is 2. The zero-order chi connectivity index (χ0) is 19.6. The lowest BCUT2D eigenvalue weighted by molar-refractivity contribution is -0.118. The van der Waals surface area contributed by atoms with E-state index in [0.717, 1.165) is 34.3 Å². The van der Waals surface area contributed by atoms with Crippen LogP contribution in [0.15, 0.2) is 36.4 Å². The molecule has 0 aliphatic carbocycles. The van der Waals surface area contributed by atoms with Gasteiger partial charge in [-0.15, -0.1) is 0 Å². The van der Waals surface area contributed by atoms with Gasteiger partial charge in [0.25, 0.3) is 5.91 Å². The fourth-order valence-corrected chi connectivity index (χ4v) is 3.51. The Bertz CT molecular complexity index is 1020. The van der Waals surface area contributed by atoms with Crippen molar-refractivity contribution >= 4 is 45.7 Å². The number of aryl methyl sites for hydroxylation is 3. The van der Waals surface area contributed by atoms with Crippen molar-refractivity contribution < 1.29 is 9.53 Å². The average Bonchev–Trinajstić information content (AvgIpc) is 2.62. The van der Waals surface area contributed by atoms with Crippen LogP contribution in [0.1, 0.15) is 23.7 Å². The number of nitrogens with one attached hydrogen (secondary N) is 1. The molecule has 0 spiro atoms. The highest BCUT2D eigenvalue weighted by Crippen LogP contribution is 2.37. The van der Waals surface area contributed by atoms with E-state index >= 15 is 0 Å². The zero-order valence-corrected chi connectivity index (χ0v) is 16.9. The van der Waals surface area contributed by atoms with Crippen molar-refractivity contribution in [3.8, 4) is 5.75 Å². The van der Waals surface area contributed by atoms with Crippen LogP contribution in [0.5, 0.6) is 5.75 Å². The second kappa shape index (κ2) is 8.15. The van der Waals surface area contributed by atoms with Gasteiger partial charge in [0.15, 0.2) is 12.4 Å². The molecule has 6 heteroatoms. The van der Waals surface area contributed by atoms with Crippen LogP contribution in [0, 0.1) is 13.8 Å². The number of benzene rings is 2. The maximum absolute atomic E-state index is 12.5. The number of hydrogen-bond acceptors (Lipinski definition) is 3. The number of para-hydroxylation sites is 1. The third-order valence-corrected chi connectivity index (χ3v) is 4.92. The molecule has 4 nitrogen and oxygen atoms in total. The van der Waals surface area contributed by atoms with Crippen LogP contribution in [0.3, 0.4) is 0 Å². The first-order valence-corrected chi connectivity index (χ1v) is 9.42. The van der Waals surface area contributed by atoms with Crippen LogP contribution in [-0.2, 0) is 11.2 Å². The predicted octanol–water partition coefficient (Wildman–Crippen LogP) is 5.74. The van der Waals surface area contributed by atoms with Crippen molar-refractivity contribution in [1.82, 2.24) is 4.98 Å². The van der Waals surface area contributed by atoms with Crippen LogP contribution in [0.4, 0.5) is 5.69 Å². The third-order valence-electron chi connectivity index (χ3n) is 4.33. The van der Waals surface area contributed by atoms with E-state index in [0.29, 0.717) is 21.3 Å². The molecule has 27 heavy (non-hydrogen) atoms. The van der Waals surface area contributed by atoms with Crippen LogP contribution in [0.2, 0.25) is 10.0 Å². The highest BCUT2D eigenvalue weighted by atomic mass is 35.5. The van der Waals surface area contributed by atoms with Crippen LogP contribution >= 0.6 is 23.2 Å². The summed E-state index contributed by atoms with van der Waals surface area (Å²) in [6, 6.07) is 11.3. The lowest BCUT2D eigenvalue weighted by atomic mass is 10.1. The molecule has 2 aromatic carbocycles. The van der Waals surface area contributed by atoms with Gasteiger partial charge in [-0.1, -0.05) is 48.3 Å². The molecule has 0 fully saturated rings. The zero-order valence-electron chi connectivity index (χ0n) is 15.4. The summed E-state index contributed by atoms with van der Waals surface area (Å²) in [4.78, 5) is 16.9. The molecule has 3 aromatic rings. The molecule has 1 N–H and O–H groups in total. The lowest BCUT2D eigenvalue weighted by Gasteiger charge is -2.15. The Balaban J connectivity index is 1.83. The summed E-state index contributed by atoms with van der Waals surface area (Å²) in [6.45, 7) is 5.71. The molecule has 1 aromatic heterocycles. The number of rotatable bonds is 5. The number of aromatic nitrogens is 1. The predicted molar refractivity (Wildman–Crippen MR) is 111 cm³/mol. The summed E-state index contributed by atoms with van der Waals surface area (Å²) in [7, 11) is 0. The van der Waals surface area contributed by atoms with E-state index < -0.39 is 0 Å². The van der Waals surface area contributed by atoms with Gasteiger partial charge in [0, 0.05) is 16.8 Å². The Morgan fingerprint density at radius 2 is 1.93 bits per heavy atom. The standard InChI is InChI=1S/C21H20Cl2N2O2/c1-4-14-7-5-6-12(2)19(14)25-18(26)11-27-21-17(23)10-16(22)15-9-8-13(3)24-20(15)21/h5-10H,4,11H2,1-3H3,(H,25,26). The van der Waals surface area contributed by atoms with Gasteiger partial charge in [0.1, 0.15) is 5.52 Å². The minimum atomic E-state index is -0.259. The fourth-order valence-electron chi connectivity index (χ4n) is 2.94. The van der Waals surface area contributed by atoms with E-state index in [4.69, 9.17) is 27.9 Å². The summed E-state index contributed by atoms with van der Waals surface area (Å²) < 4.78 is 5.74. The molecule has 3 rings (SSSR count). The Labute approximate surface area is 168 Å². The Morgan fingerprint density at radius 3 is 2.67 bits per heavy atom. The molecule has 1 heterocycles. The molecule has 0 saturated heterocycles. The van der Waals surface area contributed by atoms with Gasteiger partial charge in [-0.3, -0.25) is 4.79 Å². The van der Waals surface area contributed by atoms with Gasteiger partial charge < -0.3 is 10.1 Å². The normalized spacial score (nSPS) is 10.9. The van der Waals surface area contributed by atoms with Crippen molar-refractivity contribution in [2.24, 2.45) is 0 Å². The van der Waals surface area contributed by atoms with Crippen molar-refractivity contribution in [1.29, 1.82) is 0 Å². The summed E-state index contributed by atoms with van der Waals surface area (Å²) in [5.41, 5.74) is 4.27. The number of carbonyl (C=O) groups excluding carboxylic acids is 1. The van der Waals surface area contributed by atoms with E-state index in [1.165, 1.54) is 0 Å². The van der Waals surface area contributed by atoms with Gasteiger partial charge in [-0.05, 0) is 49.6 Å². The summed E-state index contributed by atoms with van der Waals surface area (Å²) >= 11 is 12.5. The maximum Gasteiger partial charge on any atom is 0.262 e. The van der Waals surface area contributed by atoms with Crippen molar-refractivity contribution in [3.63, 3.8) is 0 Å². The highest BCUT2D eigenvalue weighted by Gasteiger charge is 2.15. The average molecular weight is 403 g/mol. The Kier molecular flexibility index (Phi) is 5.88. The second-order valence-electron chi connectivity index (χ2n) is 6.32. The molecular formula is C21H20Cl2N2O2. The van der Waals surface area contributed by atoms with E-state index in [1.54, 1.807) is 6.07 Å². The maximum atomic E-state index is 12.5. The van der Waals surface area contributed by atoms with E-state index in [2.05, 4.69) is 17.2 Å². The molecule has 0 aliphatic rings. The van der Waals surface area contributed by atoms with Crippen molar-refractivity contribution in [2.75, 3.05) is 11.9 Å². The van der Waals surface area contributed by atoms with Gasteiger partial charge in [0.05, 0.1) is 10.0 Å². The molecule has 0 atom stereocenters. The highest BCUT2D eigenvalue weighted by molar-refractivity contribution is 6.39. The first-order valence-electron chi connectivity index (χ1n) is 8.67. The fraction of sp³-hybridized carbons (Fsp3) is 0.238. The number of amides is 1. The SMILES string of the molecule is CCc1cccc(C)c1NC(=O)COc1c(Cl)cc(Cl)c2ccc(C)nc12. The van der Waals surface area contributed by atoms with Gasteiger partial charge >= 0.3 is 0 Å². The molecule has 0 bridgehead atoms. The number of nitrogens with zero attached hydrogens (tertiary/aromatic N) is 1. The lowest BCUT2D eigenvalue weighted by Crippen LogP contribution is -2.21. The number of ether oxygens (including phenoxy) is 1. The first kappa shape index (κ1) is 19.5. The second-order valence-corrected chi connectivity index (χ2v) is 7.13. The minimum Gasteiger partial charge on any atom is -0.480 e. The molecule has 1 amide bonds.